The molecule has 5 N–H and O–H groups in total. The van der Waals surface area contributed by atoms with Crippen molar-refractivity contribution < 1.29 is 20.8 Å². The summed E-state index contributed by atoms with van der Waals surface area (Å²) in [6.07, 6.45) is 0. The van der Waals surface area contributed by atoms with Crippen LogP contribution in [0.15, 0.2) is 0 Å². The van der Waals surface area contributed by atoms with E-state index in [1.54, 1.807) is 6.92 Å². The Morgan fingerprint density at radius 2 is 1.22 bits per heavy atom. The Morgan fingerprint density at radius 3 is 1.22 bits per heavy atom. The molecule has 0 aromatic rings. The van der Waals surface area contributed by atoms with E-state index >= 15 is 0 Å². The van der Waals surface area contributed by atoms with Gasteiger partial charge in [-0.05, 0) is 0 Å². The predicted molar refractivity (Wildman–Crippen MR) is 33.0 cm³/mol. The molecule has 0 rings (SSSR count). The Bertz CT molecular complexity index is 51.7. The van der Waals surface area contributed by atoms with Gasteiger partial charge in [0.25, 0.3) is 0 Å². The van der Waals surface area contributed by atoms with Gasteiger partial charge in [-0.25, -0.2) is 0 Å². The lowest BCUT2D eigenvalue weighted by atomic mass is 9.95. The summed E-state index contributed by atoms with van der Waals surface area (Å²) >= 11 is 0. The summed E-state index contributed by atoms with van der Waals surface area (Å²) in [5, 5.41) is 25.4. The van der Waals surface area contributed by atoms with Crippen LogP contribution < -0.4 is 0 Å². The molecule has 0 bridgehead atoms. The molecule has 0 unspecified atom stereocenters. The summed E-state index contributed by atoms with van der Waals surface area (Å²) in [6.45, 7) is 1.06. The number of hydrogen-bond acceptors (Lipinski definition) is 3. The zero-order valence-electron chi connectivity index (χ0n) is 5.46. The number of aliphatic hydroxyl groups excluding tert-OH is 3. The maximum Gasteiger partial charge on any atom is 0.0528 e. The minimum Gasteiger partial charge on any atom is -0.412 e. The minimum absolute atomic E-state index is 0. The minimum atomic E-state index is -0.708. The Morgan fingerprint density at radius 1 is 1.00 bits per heavy atom. The van der Waals surface area contributed by atoms with E-state index in [9.17, 15) is 0 Å². The van der Waals surface area contributed by atoms with Crippen molar-refractivity contribution in [3.8, 4) is 0 Å². The van der Waals surface area contributed by atoms with Crippen molar-refractivity contribution in [2.24, 2.45) is 5.41 Å². The molecular formula is C5H14O4. The largest absolute Gasteiger partial charge is 0.412 e. The number of aliphatic hydroxyl groups is 3. The van der Waals surface area contributed by atoms with Crippen molar-refractivity contribution in [3.63, 3.8) is 0 Å². The van der Waals surface area contributed by atoms with Crippen molar-refractivity contribution in [2.75, 3.05) is 19.8 Å². The Labute approximate surface area is 54.1 Å². The molecule has 9 heavy (non-hydrogen) atoms. The van der Waals surface area contributed by atoms with E-state index in [1.165, 1.54) is 0 Å². The molecule has 0 saturated carbocycles. The first-order valence-electron chi connectivity index (χ1n) is 2.51. The van der Waals surface area contributed by atoms with Gasteiger partial charge in [-0.15, -0.1) is 0 Å². The third-order valence-corrected chi connectivity index (χ3v) is 1.15. The van der Waals surface area contributed by atoms with Crippen LogP contribution in [0.2, 0.25) is 0 Å². The third kappa shape index (κ3) is 3.42. The number of hydrogen-bond donors (Lipinski definition) is 3. The average molecular weight is 138 g/mol. The van der Waals surface area contributed by atoms with Crippen molar-refractivity contribution in [2.45, 2.75) is 6.92 Å². The smallest absolute Gasteiger partial charge is 0.0528 e. The van der Waals surface area contributed by atoms with E-state index in [1.807, 2.05) is 0 Å². The van der Waals surface area contributed by atoms with E-state index in [-0.39, 0.29) is 25.3 Å². The van der Waals surface area contributed by atoms with Crippen LogP contribution in [0, 0.1) is 5.41 Å². The van der Waals surface area contributed by atoms with Crippen LogP contribution in [0.25, 0.3) is 0 Å². The van der Waals surface area contributed by atoms with E-state index < -0.39 is 5.41 Å². The normalized spacial score (nSPS) is 10.7. The fourth-order valence-corrected chi connectivity index (χ4v) is 0.150. The van der Waals surface area contributed by atoms with E-state index in [0.717, 1.165) is 0 Å². The highest BCUT2D eigenvalue weighted by molar-refractivity contribution is 4.69. The average Bonchev–Trinajstić information content (AvgIpc) is 1.87. The van der Waals surface area contributed by atoms with Crippen LogP contribution in [0.4, 0.5) is 0 Å². The maximum absolute atomic E-state index is 8.47. The van der Waals surface area contributed by atoms with Crippen LogP contribution in [0.1, 0.15) is 6.92 Å². The molecular weight excluding hydrogens is 124 g/mol. The van der Waals surface area contributed by atoms with Crippen LogP contribution in [-0.2, 0) is 0 Å². The highest BCUT2D eigenvalue weighted by Crippen LogP contribution is 2.10. The lowest BCUT2D eigenvalue weighted by molar-refractivity contribution is 0.0200. The summed E-state index contributed by atoms with van der Waals surface area (Å²) in [7, 11) is 0. The van der Waals surface area contributed by atoms with E-state index in [2.05, 4.69) is 0 Å². The standard InChI is InChI=1S/C5H12O3.H2O/c1-5(2-6,3-7)4-8;/h6-8H,2-4H2,1H3;1H2. The molecule has 0 radical (unpaired) electrons. The second kappa shape index (κ2) is 4.69. The lowest BCUT2D eigenvalue weighted by Gasteiger charge is -2.20. The molecule has 0 atom stereocenters. The van der Waals surface area contributed by atoms with E-state index in [0.29, 0.717) is 0 Å². The SMILES string of the molecule is CC(CO)(CO)CO.O. The highest BCUT2D eigenvalue weighted by atomic mass is 16.3. The molecule has 0 fully saturated rings. The molecule has 4 heteroatoms. The quantitative estimate of drug-likeness (QED) is 0.427. The molecule has 0 heterocycles. The van der Waals surface area contributed by atoms with Crippen LogP contribution in [0.3, 0.4) is 0 Å². The Kier molecular flexibility index (Phi) is 6.06. The van der Waals surface area contributed by atoms with Gasteiger partial charge >= 0.3 is 0 Å². The first-order valence-corrected chi connectivity index (χ1v) is 2.51. The van der Waals surface area contributed by atoms with Gasteiger partial charge in [0.05, 0.1) is 19.8 Å². The summed E-state index contributed by atoms with van der Waals surface area (Å²) in [4.78, 5) is 0. The first-order chi connectivity index (χ1) is 3.68. The fraction of sp³-hybridized carbons (Fsp3) is 1.00. The second-order valence-electron chi connectivity index (χ2n) is 2.29. The van der Waals surface area contributed by atoms with Gasteiger partial charge < -0.3 is 20.8 Å². The molecule has 0 aliphatic rings. The van der Waals surface area contributed by atoms with Gasteiger partial charge in [0.15, 0.2) is 0 Å². The molecule has 0 aliphatic carbocycles. The van der Waals surface area contributed by atoms with Gasteiger partial charge in [0, 0.05) is 5.41 Å². The Balaban J connectivity index is 0. The lowest BCUT2D eigenvalue weighted by Crippen LogP contribution is -2.29. The van der Waals surface area contributed by atoms with E-state index in [4.69, 9.17) is 15.3 Å². The third-order valence-electron chi connectivity index (χ3n) is 1.15. The summed E-state index contributed by atoms with van der Waals surface area (Å²) in [5.41, 5.74) is -0.708. The second-order valence-corrected chi connectivity index (χ2v) is 2.29. The molecule has 58 valence electrons. The topological polar surface area (TPSA) is 92.2 Å². The van der Waals surface area contributed by atoms with Crippen molar-refractivity contribution >= 4 is 0 Å². The van der Waals surface area contributed by atoms with Crippen LogP contribution in [0.5, 0.6) is 0 Å². The first kappa shape index (κ1) is 11.6. The highest BCUT2D eigenvalue weighted by Gasteiger charge is 2.20. The van der Waals surface area contributed by atoms with Crippen LogP contribution in [-0.4, -0.2) is 40.6 Å². The van der Waals surface area contributed by atoms with Crippen molar-refractivity contribution in [3.05, 3.63) is 0 Å². The van der Waals surface area contributed by atoms with Gasteiger partial charge in [-0.3, -0.25) is 0 Å². The zero-order valence-corrected chi connectivity index (χ0v) is 5.46. The molecule has 0 saturated heterocycles. The predicted octanol–water partition coefficient (Wildman–Crippen LogP) is -1.86. The molecule has 0 aromatic carbocycles. The molecule has 0 amide bonds. The van der Waals surface area contributed by atoms with Crippen molar-refractivity contribution in [1.29, 1.82) is 0 Å². The number of rotatable bonds is 3. The van der Waals surface area contributed by atoms with Gasteiger partial charge in [0.1, 0.15) is 0 Å². The van der Waals surface area contributed by atoms with Gasteiger partial charge in [-0.2, -0.15) is 0 Å². The molecule has 4 nitrogen and oxygen atoms in total. The summed E-state index contributed by atoms with van der Waals surface area (Å²) < 4.78 is 0. The van der Waals surface area contributed by atoms with Gasteiger partial charge in [-0.1, -0.05) is 6.92 Å². The molecule has 0 aliphatic heterocycles. The zero-order chi connectivity index (χ0) is 6.62. The molecule has 0 spiro atoms. The Hall–Kier alpha value is -0.160. The van der Waals surface area contributed by atoms with Crippen LogP contribution >= 0.6 is 0 Å². The van der Waals surface area contributed by atoms with Gasteiger partial charge in [0.2, 0.25) is 0 Å². The summed E-state index contributed by atoms with van der Waals surface area (Å²) in [5.74, 6) is 0. The summed E-state index contributed by atoms with van der Waals surface area (Å²) in [6, 6.07) is 0. The van der Waals surface area contributed by atoms with Crippen molar-refractivity contribution in [1.82, 2.24) is 0 Å². The monoisotopic (exact) mass is 138 g/mol. The fourth-order valence-electron chi connectivity index (χ4n) is 0.150. The maximum atomic E-state index is 8.47. The molecule has 0 aromatic heterocycles.